The smallest absolute Gasteiger partial charge is 0.334 e. The van der Waals surface area contributed by atoms with Crippen LogP contribution in [0, 0.1) is 0 Å². The predicted molar refractivity (Wildman–Crippen MR) is 80.2 cm³/mol. The molecule has 0 radical (unpaired) electrons. The van der Waals surface area contributed by atoms with Gasteiger partial charge in [-0.2, -0.15) is 0 Å². The first kappa shape index (κ1) is 15.7. The molecule has 2 rings (SSSR count). The molecule has 2 heterocycles. The minimum atomic E-state index is -0.690. The van der Waals surface area contributed by atoms with Crippen LogP contribution in [0.1, 0.15) is 39.8 Å². The average molecular weight is 306 g/mol. The number of hydrogen-bond acceptors (Lipinski definition) is 6. The lowest BCUT2D eigenvalue weighted by molar-refractivity contribution is 0.365. The Labute approximate surface area is 126 Å². The summed E-state index contributed by atoms with van der Waals surface area (Å²) in [5.41, 5.74) is -1.56. The highest BCUT2D eigenvalue weighted by molar-refractivity contribution is 5.44. The molecule has 0 aromatic carbocycles. The zero-order valence-electron chi connectivity index (χ0n) is 12.8. The highest BCUT2D eigenvalue weighted by Gasteiger charge is 2.21. The maximum atomic E-state index is 12.4. The Balaban J connectivity index is 2.73. The van der Waals surface area contributed by atoms with E-state index in [0.29, 0.717) is 0 Å². The number of nitrogens with one attached hydrogen (secondary N) is 1. The Morgan fingerprint density at radius 3 is 2.27 bits per heavy atom. The number of aromatic nitrogens is 4. The molecule has 0 unspecified atom stereocenters. The molecule has 2 aromatic heterocycles. The van der Waals surface area contributed by atoms with Crippen LogP contribution in [0.15, 0.2) is 32.2 Å². The molecule has 2 aromatic rings. The monoisotopic (exact) mass is 306 g/mol. The van der Waals surface area contributed by atoms with E-state index < -0.39 is 17.1 Å². The van der Waals surface area contributed by atoms with E-state index in [9.17, 15) is 14.7 Å². The fraction of sp³-hybridized carbons (Fsp3) is 0.462. The van der Waals surface area contributed by atoms with E-state index in [1.165, 1.54) is 6.20 Å². The Hall–Kier alpha value is -2.71. The van der Waals surface area contributed by atoms with Gasteiger partial charge in [0.2, 0.25) is 17.5 Å². The molecule has 0 bridgehead atoms. The topological polar surface area (TPSA) is 118 Å². The fourth-order valence-electron chi connectivity index (χ4n) is 2.03. The van der Waals surface area contributed by atoms with E-state index in [-0.39, 0.29) is 23.7 Å². The molecule has 0 aliphatic rings. The molecule has 9 heteroatoms. The maximum absolute atomic E-state index is 12.4. The normalized spacial score (nSPS) is 11.9. The molecule has 9 nitrogen and oxygen atoms in total. The van der Waals surface area contributed by atoms with Crippen LogP contribution < -0.4 is 11.2 Å². The van der Waals surface area contributed by atoms with E-state index in [1.54, 1.807) is 33.9 Å². The van der Waals surface area contributed by atoms with Gasteiger partial charge >= 0.3 is 5.69 Å². The summed E-state index contributed by atoms with van der Waals surface area (Å²) in [6.07, 6.45) is 3.03. The number of azo groups is 1. The van der Waals surface area contributed by atoms with Crippen molar-refractivity contribution in [2.24, 2.45) is 10.2 Å². The van der Waals surface area contributed by atoms with Crippen LogP contribution in [-0.2, 0) is 0 Å². The molecule has 0 spiro atoms. The van der Waals surface area contributed by atoms with E-state index in [4.69, 9.17) is 0 Å². The fourth-order valence-corrected chi connectivity index (χ4v) is 2.03. The number of aromatic hydroxyl groups is 1. The van der Waals surface area contributed by atoms with Crippen molar-refractivity contribution in [3.05, 3.63) is 33.2 Å². The van der Waals surface area contributed by atoms with Crippen LogP contribution in [0.2, 0.25) is 0 Å². The van der Waals surface area contributed by atoms with E-state index in [0.717, 1.165) is 9.13 Å². The molecule has 2 N–H and O–H groups in total. The summed E-state index contributed by atoms with van der Waals surface area (Å²) in [7, 11) is 0. The zero-order valence-corrected chi connectivity index (χ0v) is 12.8. The van der Waals surface area contributed by atoms with Crippen molar-refractivity contribution < 1.29 is 5.11 Å². The van der Waals surface area contributed by atoms with Gasteiger partial charge in [-0.3, -0.25) is 13.9 Å². The summed E-state index contributed by atoms with van der Waals surface area (Å²) < 4.78 is 2.15. The quantitative estimate of drug-likeness (QED) is 0.840. The minimum absolute atomic E-state index is 0.192. The SMILES string of the molecule is CC(C)n1c(O)c(N=Nc2ncc[nH]2)c(=O)n(C(C)C)c1=O. The van der Waals surface area contributed by atoms with Crippen LogP contribution in [0.4, 0.5) is 11.6 Å². The minimum Gasteiger partial charge on any atom is -0.493 e. The Morgan fingerprint density at radius 1 is 1.14 bits per heavy atom. The van der Waals surface area contributed by atoms with E-state index >= 15 is 0 Å². The molecule has 0 saturated carbocycles. The van der Waals surface area contributed by atoms with Crippen LogP contribution in [0.5, 0.6) is 5.88 Å². The summed E-state index contributed by atoms with van der Waals surface area (Å²) in [6.45, 7) is 6.86. The van der Waals surface area contributed by atoms with Crippen LogP contribution in [0.3, 0.4) is 0 Å². The molecule has 118 valence electrons. The summed E-state index contributed by atoms with van der Waals surface area (Å²) >= 11 is 0. The van der Waals surface area contributed by atoms with Gasteiger partial charge in [-0.1, -0.05) is 0 Å². The first-order valence-corrected chi connectivity index (χ1v) is 6.85. The van der Waals surface area contributed by atoms with Gasteiger partial charge in [0.05, 0.1) is 0 Å². The van der Waals surface area contributed by atoms with Gasteiger partial charge in [0.15, 0.2) is 0 Å². The molecule has 0 saturated heterocycles. The molecule has 0 fully saturated rings. The molecular weight excluding hydrogens is 288 g/mol. The van der Waals surface area contributed by atoms with Gasteiger partial charge in [0.25, 0.3) is 5.56 Å². The van der Waals surface area contributed by atoms with Gasteiger partial charge in [0.1, 0.15) is 0 Å². The summed E-state index contributed by atoms with van der Waals surface area (Å²) in [6, 6.07) is -0.709. The second-order valence-corrected chi connectivity index (χ2v) is 5.30. The second-order valence-electron chi connectivity index (χ2n) is 5.30. The number of aromatic amines is 1. The standard InChI is InChI=1S/C13H18N6O3/c1-7(2)18-10(20)9(16-17-12-14-5-6-15-12)11(21)19(8(3)4)13(18)22/h5-8,20H,1-4H3,(H,14,15). The third-order valence-electron chi connectivity index (χ3n) is 3.03. The lowest BCUT2D eigenvalue weighted by atomic mass is 10.3. The number of imidazole rings is 1. The van der Waals surface area contributed by atoms with E-state index in [2.05, 4.69) is 20.2 Å². The number of rotatable bonds is 4. The van der Waals surface area contributed by atoms with Gasteiger partial charge in [-0.25, -0.2) is 9.78 Å². The molecular formula is C13H18N6O3. The van der Waals surface area contributed by atoms with Crippen molar-refractivity contribution in [1.82, 2.24) is 19.1 Å². The van der Waals surface area contributed by atoms with Gasteiger partial charge in [-0.05, 0) is 27.7 Å². The van der Waals surface area contributed by atoms with Crippen LogP contribution >= 0.6 is 0 Å². The summed E-state index contributed by atoms with van der Waals surface area (Å²) in [5, 5.41) is 17.7. The van der Waals surface area contributed by atoms with Crippen LogP contribution in [0.25, 0.3) is 0 Å². The first-order chi connectivity index (χ1) is 10.3. The number of hydrogen-bond donors (Lipinski definition) is 2. The number of H-pyrrole nitrogens is 1. The summed E-state index contributed by atoms with van der Waals surface area (Å²) in [4.78, 5) is 31.3. The van der Waals surface area contributed by atoms with E-state index in [1.807, 2.05) is 0 Å². The van der Waals surface area contributed by atoms with Gasteiger partial charge in [-0.15, -0.1) is 10.2 Å². The zero-order chi connectivity index (χ0) is 16.4. The largest absolute Gasteiger partial charge is 0.493 e. The first-order valence-electron chi connectivity index (χ1n) is 6.85. The average Bonchev–Trinajstić information content (AvgIpc) is 2.90. The molecule has 0 aliphatic heterocycles. The second kappa shape index (κ2) is 5.96. The van der Waals surface area contributed by atoms with Crippen molar-refractivity contribution in [3.63, 3.8) is 0 Å². The number of nitrogens with zero attached hydrogens (tertiary/aromatic N) is 5. The van der Waals surface area contributed by atoms with Crippen molar-refractivity contribution in [2.45, 2.75) is 39.8 Å². The molecule has 0 aliphatic carbocycles. The van der Waals surface area contributed by atoms with Crippen molar-refractivity contribution in [3.8, 4) is 5.88 Å². The Kier molecular flexibility index (Phi) is 4.25. The van der Waals surface area contributed by atoms with Gasteiger partial charge < -0.3 is 10.1 Å². The Bertz CT molecular complexity index is 798. The highest BCUT2D eigenvalue weighted by atomic mass is 16.3. The van der Waals surface area contributed by atoms with Crippen molar-refractivity contribution in [1.29, 1.82) is 0 Å². The molecule has 0 atom stereocenters. The Morgan fingerprint density at radius 2 is 1.77 bits per heavy atom. The predicted octanol–water partition coefficient (Wildman–Crippen LogP) is 2.02. The van der Waals surface area contributed by atoms with Crippen molar-refractivity contribution in [2.75, 3.05) is 0 Å². The molecule has 0 amide bonds. The third kappa shape index (κ3) is 2.69. The highest BCUT2D eigenvalue weighted by Crippen LogP contribution is 2.24. The summed E-state index contributed by atoms with van der Waals surface area (Å²) in [5.74, 6) is -0.311. The lowest BCUT2D eigenvalue weighted by Gasteiger charge is -2.17. The van der Waals surface area contributed by atoms with Gasteiger partial charge in [0, 0.05) is 24.5 Å². The third-order valence-corrected chi connectivity index (χ3v) is 3.03. The van der Waals surface area contributed by atoms with Crippen LogP contribution in [-0.4, -0.2) is 24.2 Å². The maximum Gasteiger partial charge on any atom is 0.334 e. The lowest BCUT2D eigenvalue weighted by Crippen LogP contribution is -2.41. The molecule has 22 heavy (non-hydrogen) atoms. The van der Waals surface area contributed by atoms with Crippen molar-refractivity contribution >= 4 is 11.6 Å².